The van der Waals surface area contributed by atoms with Crippen LogP contribution in [0.2, 0.25) is 0 Å². The molecule has 2 aliphatic rings. The monoisotopic (exact) mass is 553 g/mol. The van der Waals surface area contributed by atoms with Gasteiger partial charge in [0.25, 0.3) is 5.91 Å². The molecule has 0 aliphatic carbocycles. The van der Waals surface area contributed by atoms with Crippen molar-refractivity contribution < 1.29 is 18.3 Å². The van der Waals surface area contributed by atoms with Gasteiger partial charge in [-0.15, -0.1) is 0 Å². The van der Waals surface area contributed by atoms with E-state index in [1.807, 2.05) is 66.4 Å². The Hall–Kier alpha value is -4.42. The van der Waals surface area contributed by atoms with E-state index >= 15 is 0 Å². The molecule has 2 saturated heterocycles. The van der Waals surface area contributed by atoms with Crippen LogP contribution < -0.4 is 9.64 Å². The Labute approximate surface area is 238 Å². The maximum absolute atomic E-state index is 13.8. The number of rotatable bonds is 6. The summed E-state index contributed by atoms with van der Waals surface area (Å²) in [7, 11) is 5.66. The highest BCUT2D eigenvalue weighted by atomic mass is 19.1. The van der Waals surface area contributed by atoms with Gasteiger partial charge in [-0.05, 0) is 68.9 Å². The number of hydrogen-bond donors (Lipinski definition) is 0. The number of anilines is 1. The molecule has 0 bridgehead atoms. The van der Waals surface area contributed by atoms with E-state index in [2.05, 4.69) is 16.0 Å². The number of nitrogens with zero attached hydrogens (tertiary/aromatic N) is 5. The first-order valence-corrected chi connectivity index (χ1v) is 13.8. The van der Waals surface area contributed by atoms with Crippen LogP contribution in [0.4, 0.5) is 10.1 Å². The van der Waals surface area contributed by atoms with Gasteiger partial charge in [0, 0.05) is 55.6 Å². The van der Waals surface area contributed by atoms with Crippen molar-refractivity contribution in [2.75, 3.05) is 52.3 Å². The lowest BCUT2D eigenvalue weighted by atomic mass is 10.0. The third-order valence-corrected chi connectivity index (χ3v) is 8.21. The molecule has 6 rings (SSSR count). The molecule has 4 aromatic rings. The van der Waals surface area contributed by atoms with Crippen molar-refractivity contribution in [3.63, 3.8) is 0 Å². The first kappa shape index (κ1) is 26.8. The fourth-order valence-corrected chi connectivity index (χ4v) is 5.86. The van der Waals surface area contributed by atoms with Crippen molar-refractivity contribution in [2.24, 2.45) is 0 Å². The SMILES string of the molecule is COc1cc(C(=O)N2CCC(N(C)C)C2)ccc1-c1cc2nccc(-c3ccc(N4CCC(F)C4)c(C#N)c3)c2o1. The number of benzene rings is 2. The summed E-state index contributed by atoms with van der Waals surface area (Å²) in [6, 6.07) is 17.4. The van der Waals surface area contributed by atoms with Crippen molar-refractivity contribution in [3.8, 4) is 34.3 Å². The Balaban J connectivity index is 1.32. The number of furan rings is 1. The molecule has 0 radical (unpaired) electrons. The average Bonchev–Trinajstić information content (AvgIpc) is 3.75. The number of hydrogen-bond acceptors (Lipinski definition) is 7. The first-order valence-electron chi connectivity index (χ1n) is 13.8. The Morgan fingerprint density at radius 1 is 1.10 bits per heavy atom. The number of ether oxygens (including phenoxy) is 1. The van der Waals surface area contributed by atoms with Crippen molar-refractivity contribution in [1.82, 2.24) is 14.8 Å². The molecule has 210 valence electrons. The van der Waals surface area contributed by atoms with Gasteiger partial charge in [-0.25, -0.2) is 4.39 Å². The molecule has 2 aliphatic heterocycles. The fourth-order valence-electron chi connectivity index (χ4n) is 5.86. The van der Waals surface area contributed by atoms with Crippen LogP contribution in [0.25, 0.3) is 33.6 Å². The maximum Gasteiger partial charge on any atom is 0.254 e. The third-order valence-electron chi connectivity index (χ3n) is 8.21. The van der Waals surface area contributed by atoms with Gasteiger partial charge in [0.2, 0.25) is 0 Å². The Morgan fingerprint density at radius 2 is 1.95 bits per heavy atom. The van der Waals surface area contributed by atoms with E-state index in [-0.39, 0.29) is 5.91 Å². The van der Waals surface area contributed by atoms with Crippen LogP contribution in [0.1, 0.15) is 28.8 Å². The third kappa shape index (κ3) is 5.00. The molecular formula is C32H32FN5O3. The molecule has 41 heavy (non-hydrogen) atoms. The number of methoxy groups -OCH3 is 1. The summed E-state index contributed by atoms with van der Waals surface area (Å²) in [5.74, 6) is 1.08. The normalized spacial score (nSPS) is 18.8. The summed E-state index contributed by atoms with van der Waals surface area (Å²) in [4.78, 5) is 23.7. The first-order chi connectivity index (χ1) is 19.9. The molecule has 2 aromatic heterocycles. The van der Waals surface area contributed by atoms with Crippen LogP contribution in [0, 0.1) is 11.3 Å². The summed E-state index contributed by atoms with van der Waals surface area (Å²) in [6.45, 7) is 2.33. The molecule has 0 N–H and O–H groups in total. The van der Waals surface area contributed by atoms with Crippen LogP contribution in [0.5, 0.6) is 5.75 Å². The minimum absolute atomic E-state index is 0.0135. The number of carbonyl (C=O) groups is 1. The highest BCUT2D eigenvalue weighted by Crippen LogP contribution is 2.39. The lowest BCUT2D eigenvalue weighted by molar-refractivity contribution is 0.0782. The molecule has 8 nitrogen and oxygen atoms in total. The number of alkyl halides is 1. The topological polar surface area (TPSA) is 85.8 Å². The molecule has 2 aromatic carbocycles. The van der Waals surface area contributed by atoms with E-state index in [1.54, 1.807) is 19.4 Å². The van der Waals surface area contributed by atoms with Crippen LogP contribution in [0.15, 0.2) is 59.1 Å². The number of likely N-dealkylation sites (tertiary alicyclic amines) is 1. The van der Waals surface area contributed by atoms with Gasteiger partial charge in [0.05, 0.1) is 23.9 Å². The Kier molecular flexibility index (Phi) is 7.10. The molecule has 4 heterocycles. The minimum Gasteiger partial charge on any atom is -0.496 e. The van der Waals surface area contributed by atoms with Crippen molar-refractivity contribution >= 4 is 22.7 Å². The van der Waals surface area contributed by atoms with E-state index in [4.69, 9.17) is 9.15 Å². The maximum atomic E-state index is 13.8. The number of carbonyl (C=O) groups excluding carboxylic acids is 1. The van der Waals surface area contributed by atoms with E-state index in [1.165, 1.54) is 0 Å². The number of likely N-dealkylation sites (N-methyl/N-ethyl adjacent to an activating group) is 1. The summed E-state index contributed by atoms with van der Waals surface area (Å²) in [6.07, 6.45) is 2.27. The Bertz CT molecular complexity index is 1660. The van der Waals surface area contributed by atoms with Gasteiger partial charge in [0.1, 0.15) is 29.3 Å². The smallest absolute Gasteiger partial charge is 0.254 e. The van der Waals surface area contributed by atoms with Crippen LogP contribution in [0.3, 0.4) is 0 Å². The Morgan fingerprint density at radius 3 is 2.66 bits per heavy atom. The van der Waals surface area contributed by atoms with Crippen molar-refractivity contribution in [2.45, 2.75) is 25.1 Å². The van der Waals surface area contributed by atoms with Gasteiger partial charge in [-0.3, -0.25) is 9.78 Å². The number of amides is 1. The second kappa shape index (κ2) is 10.9. The van der Waals surface area contributed by atoms with E-state index in [9.17, 15) is 14.4 Å². The molecule has 9 heteroatoms. The number of nitriles is 1. The highest BCUT2D eigenvalue weighted by Gasteiger charge is 2.29. The lowest BCUT2D eigenvalue weighted by Crippen LogP contribution is -2.34. The predicted molar refractivity (Wildman–Crippen MR) is 156 cm³/mol. The van der Waals surface area contributed by atoms with Crippen LogP contribution >= 0.6 is 0 Å². The zero-order valence-electron chi connectivity index (χ0n) is 23.4. The van der Waals surface area contributed by atoms with Gasteiger partial charge in [-0.2, -0.15) is 5.26 Å². The zero-order chi connectivity index (χ0) is 28.7. The quantitative estimate of drug-likeness (QED) is 0.318. The van der Waals surface area contributed by atoms with Gasteiger partial charge >= 0.3 is 0 Å². The second-order valence-electron chi connectivity index (χ2n) is 10.9. The molecule has 0 spiro atoms. The second-order valence-corrected chi connectivity index (χ2v) is 10.9. The average molecular weight is 554 g/mol. The molecule has 0 saturated carbocycles. The number of pyridine rings is 1. The number of fused-ring (bicyclic) bond motifs is 1. The molecule has 2 unspecified atom stereocenters. The lowest BCUT2D eigenvalue weighted by Gasteiger charge is -2.20. The molecule has 1 amide bonds. The summed E-state index contributed by atoms with van der Waals surface area (Å²) in [5, 5.41) is 9.86. The molecule has 2 fully saturated rings. The zero-order valence-corrected chi connectivity index (χ0v) is 23.4. The van der Waals surface area contributed by atoms with Crippen LogP contribution in [-0.2, 0) is 0 Å². The number of aromatic nitrogens is 1. The summed E-state index contributed by atoms with van der Waals surface area (Å²) >= 11 is 0. The minimum atomic E-state index is -0.873. The van der Waals surface area contributed by atoms with E-state index in [0.29, 0.717) is 71.4 Å². The van der Waals surface area contributed by atoms with E-state index in [0.717, 1.165) is 29.8 Å². The van der Waals surface area contributed by atoms with Crippen molar-refractivity contribution in [3.05, 3.63) is 65.9 Å². The largest absolute Gasteiger partial charge is 0.496 e. The van der Waals surface area contributed by atoms with Gasteiger partial charge in [-0.1, -0.05) is 6.07 Å². The van der Waals surface area contributed by atoms with Gasteiger partial charge in [0.15, 0.2) is 5.58 Å². The van der Waals surface area contributed by atoms with E-state index < -0.39 is 6.17 Å². The number of halogens is 1. The summed E-state index contributed by atoms with van der Waals surface area (Å²) in [5.41, 5.74) is 5.36. The highest BCUT2D eigenvalue weighted by molar-refractivity contribution is 5.97. The fraction of sp³-hybridized carbons (Fsp3) is 0.344. The molecule has 2 atom stereocenters. The predicted octanol–water partition coefficient (Wildman–Crippen LogP) is 5.37. The van der Waals surface area contributed by atoms with Crippen LogP contribution in [-0.4, -0.2) is 80.3 Å². The van der Waals surface area contributed by atoms with Crippen molar-refractivity contribution in [1.29, 1.82) is 5.26 Å². The molecular weight excluding hydrogens is 521 g/mol. The standard InChI is InChI=1S/C32H32FN5O3/c1-36(2)24-10-13-38(19-24)32(39)21-4-6-26(29(15-21)40-3)30-16-27-31(41-30)25(8-11-35-27)20-5-7-28(22(14-20)17-34)37-12-9-23(33)18-37/h4-8,11,14-16,23-24H,9-10,12-13,18-19H2,1-3H3. The summed E-state index contributed by atoms with van der Waals surface area (Å²) < 4.78 is 25.9. The van der Waals surface area contributed by atoms with Gasteiger partial charge < -0.3 is 23.9 Å².